The summed E-state index contributed by atoms with van der Waals surface area (Å²) in [7, 11) is 0. The average molecular weight is 219 g/mol. The lowest BCUT2D eigenvalue weighted by atomic mass is 10.1. The fraction of sp³-hybridized carbons (Fsp3) is 0.600. The zero-order chi connectivity index (χ0) is 11.8. The van der Waals surface area contributed by atoms with Crippen molar-refractivity contribution in [2.75, 3.05) is 5.32 Å². The van der Waals surface area contributed by atoms with Gasteiger partial charge in [-0.3, -0.25) is 0 Å². The number of anilines is 1. The number of hydrogen-bond donors (Lipinski definition) is 1. The molecule has 1 atom stereocenters. The summed E-state index contributed by atoms with van der Waals surface area (Å²) in [6.45, 7) is 6.71. The highest BCUT2D eigenvalue weighted by Gasteiger charge is 2.00. The molecule has 0 aromatic heterocycles. The maximum atomic E-state index is 3.53. The van der Waals surface area contributed by atoms with E-state index in [4.69, 9.17) is 0 Å². The molecule has 0 fully saturated rings. The molecule has 1 aromatic carbocycles. The fourth-order valence-corrected chi connectivity index (χ4v) is 1.94. The number of rotatable bonds is 7. The molecule has 0 spiro atoms. The second kappa shape index (κ2) is 7.32. The van der Waals surface area contributed by atoms with Gasteiger partial charge in [0, 0.05) is 11.7 Å². The van der Waals surface area contributed by atoms with Crippen LogP contribution in [0.4, 0.5) is 5.69 Å². The van der Waals surface area contributed by atoms with Gasteiger partial charge < -0.3 is 5.32 Å². The molecule has 1 heteroatoms. The first-order chi connectivity index (χ1) is 7.76. The summed E-state index contributed by atoms with van der Waals surface area (Å²) in [6, 6.07) is 9.48. The molecule has 1 unspecified atom stereocenters. The van der Waals surface area contributed by atoms with E-state index in [1.54, 1.807) is 0 Å². The molecular formula is C15H25N. The third-order valence-electron chi connectivity index (χ3n) is 2.91. The van der Waals surface area contributed by atoms with E-state index in [1.165, 1.54) is 43.4 Å². The maximum Gasteiger partial charge on any atom is 0.0342 e. The third-order valence-corrected chi connectivity index (χ3v) is 2.91. The van der Waals surface area contributed by atoms with Crippen LogP contribution in [-0.2, 0) is 6.42 Å². The van der Waals surface area contributed by atoms with Gasteiger partial charge in [0.2, 0.25) is 0 Å². The normalized spacial score (nSPS) is 12.4. The first-order valence-corrected chi connectivity index (χ1v) is 6.61. The number of nitrogens with one attached hydrogen (secondary N) is 1. The van der Waals surface area contributed by atoms with Crippen molar-refractivity contribution in [2.45, 2.75) is 58.9 Å². The Morgan fingerprint density at radius 3 is 2.31 bits per heavy atom. The number of unbranched alkanes of at least 4 members (excludes halogenated alkanes) is 1. The summed E-state index contributed by atoms with van der Waals surface area (Å²) in [5.74, 6) is 0. The Labute approximate surface area is 100 Å². The Morgan fingerprint density at radius 1 is 1.06 bits per heavy atom. The molecule has 0 saturated carbocycles. The van der Waals surface area contributed by atoms with Crippen LogP contribution in [0.15, 0.2) is 24.3 Å². The number of aryl methyl sites for hydroxylation is 1. The molecule has 16 heavy (non-hydrogen) atoms. The van der Waals surface area contributed by atoms with Crippen molar-refractivity contribution in [3.8, 4) is 0 Å². The highest BCUT2D eigenvalue weighted by atomic mass is 14.9. The molecule has 0 aliphatic rings. The van der Waals surface area contributed by atoms with Gasteiger partial charge in [-0.05, 0) is 43.9 Å². The highest BCUT2D eigenvalue weighted by Crippen LogP contribution is 2.13. The van der Waals surface area contributed by atoms with Gasteiger partial charge in [0.15, 0.2) is 0 Å². The fourth-order valence-electron chi connectivity index (χ4n) is 1.94. The monoisotopic (exact) mass is 219 g/mol. The van der Waals surface area contributed by atoms with Gasteiger partial charge >= 0.3 is 0 Å². The van der Waals surface area contributed by atoms with Crippen LogP contribution in [-0.4, -0.2) is 6.04 Å². The van der Waals surface area contributed by atoms with E-state index >= 15 is 0 Å². The van der Waals surface area contributed by atoms with Crippen LogP contribution >= 0.6 is 0 Å². The smallest absolute Gasteiger partial charge is 0.0342 e. The minimum atomic E-state index is 0.575. The predicted octanol–water partition coefficient (Wildman–Crippen LogP) is 4.63. The Bertz CT molecular complexity index is 276. The van der Waals surface area contributed by atoms with Crippen LogP contribution in [0.2, 0.25) is 0 Å². The second-order valence-corrected chi connectivity index (χ2v) is 4.63. The topological polar surface area (TPSA) is 12.0 Å². The van der Waals surface area contributed by atoms with Crippen LogP contribution in [0.1, 0.15) is 52.0 Å². The first kappa shape index (κ1) is 13.1. The van der Waals surface area contributed by atoms with Gasteiger partial charge in [-0.15, -0.1) is 0 Å². The molecule has 1 rings (SSSR count). The summed E-state index contributed by atoms with van der Waals surface area (Å²) in [5.41, 5.74) is 2.71. The minimum Gasteiger partial charge on any atom is -0.383 e. The van der Waals surface area contributed by atoms with Gasteiger partial charge in [0.05, 0.1) is 0 Å². The molecule has 0 aliphatic heterocycles. The lowest BCUT2D eigenvalue weighted by Crippen LogP contribution is -2.14. The Balaban J connectivity index is 2.44. The van der Waals surface area contributed by atoms with Crippen molar-refractivity contribution in [1.82, 2.24) is 0 Å². The molecular weight excluding hydrogens is 194 g/mol. The molecule has 0 saturated heterocycles. The van der Waals surface area contributed by atoms with Crippen LogP contribution in [0.25, 0.3) is 0 Å². The molecule has 0 radical (unpaired) electrons. The molecule has 90 valence electrons. The lowest BCUT2D eigenvalue weighted by Gasteiger charge is -2.14. The Morgan fingerprint density at radius 2 is 1.75 bits per heavy atom. The van der Waals surface area contributed by atoms with Gasteiger partial charge in [-0.25, -0.2) is 0 Å². The zero-order valence-electron chi connectivity index (χ0n) is 10.9. The molecule has 1 N–H and O–H groups in total. The summed E-state index contributed by atoms with van der Waals surface area (Å²) in [4.78, 5) is 0. The SMILES string of the molecule is CCCCc1ccc(NC(C)CCC)cc1. The van der Waals surface area contributed by atoms with Gasteiger partial charge in [-0.2, -0.15) is 0 Å². The van der Waals surface area contributed by atoms with E-state index in [0.29, 0.717) is 6.04 Å². The molecule has 0 heterocycles. The Hall–Kier alpha value is -0.980. The molecule has 0 amide bonds. The quantitative estimate of drug-likeness (QED) is 0.705. The van der Waals surface area contributed by atoms with E-state index < -0.39 is 0 Å². The highest BCUT2D eigenvalue weighted by molar-refractivity contribution is 5.45. The van der Waals surface area contributed by atoms with Crippen LogP contribution in [0.3, 0.4) is 0 Å². The van der Waals surface area contributed by atoms with Crippen molar-refractivity contribution in [1.29, 1.82) is 0 Å². The van der Waals surface area contributed by atoms with Crippen molar-refractivity contribution in [3.63, 3.8) is 0 Å². The van der Waals surface area contributed by atoms with Crippen molar-refractivity contribution in [3.05, 3.63) is 29.8 Å². The maximum absolute atomic E-state index is 3.53. The standard InChI is InChI=1S/C15H25N/c1-4-6-8-14-9-11-15(12-10-14)16-13(3)7-5-2/h9-13,16H,4-8H2,1-3H3. The van der Waals surface area contributed by atoms with E-state index in [-0.39, 0.29) is 0 Å². The number of hydrogen-bond acceptors (Lipinski definition) is 1. The van der Waals surface area contributed by atoms with Crippen LogP contribution in [0, 0.1) is 0 Å². The Kier molecular flexibility index (Phi) is 5.99. The first-order valence-electron chi connectivity index (χ1n) is 6.61. The number of benzene rings is 1. The molecule has 0 bridgehead atoms. The summed E-state index contributed by atoms with van der Waals surface area (Å²) in [5, 5.41) is 3.53. The van der Waals surface area contributed by atoms with Crippen LogP contribution < -0.4 is 5.32 Å². The largest absolute Gasteiger partial charge is 0.383 e. The molecule has 0 aliphatic carbocycles. The molecule has 1 nitrogen and oxygen atoms in total. The third kappa shape index (κ3) is 4.69. The van der Waals surface area contributed by atoms with E-state index in [1.807, 2.05) is 0 Å². The zero-order valence-corrected chi connectivity index (χ0v) is 10.9. The van der Waals surface area contributed by atoms with Crippen LogP contribution in [0.5, 0.6) is 0 Å². The second-order valence-electron chi connectivity index (χ2n) is 4.63. The van der Waals surface area contributed by atoms with E-state index in [0.717, 1.165) is 0 Å². The van der Waals surface area contributed by atoms with Gasteiger partial charge in [0.25, 0.3) is 0 Å². The predicted molar refractivity (Wildman–Crippen MR) is 73.0 cm³/mol. The summed E-state index contributed by atoms with van der Waals surface area (Å²) < 4.78 is 0. The summed E-state index contributed by atoms with van der Waals surface area (Å²) in [6.07, 6.45) is 6.24. The van der Waals surface area contributed by atoms with Crippen molar-refractivity contribution >= 4 is 5.69 Å². The minimum absolute atomic E-state index is 0.575. The van der Waals surface area contributed by atoms with Crippen molar-refractivity contribution < 1.29 is 0 Å². The van der Waals surface area contributed by atoms with Gasteiger partial charge in [-0.1, -0.05) is 38.8 Å². The van der Waals surface area contributed by atoms with Crippen molar-refractivity contribution in [2.24, 2.45) is 0 Å². The van der Waals surface area contributed by atoms with Gasteiger partial charge in [0.1, 0.15) is 0 Å². The van der Waals surface area contributed by atoms with E-state index in [2.05, 4.69) is 50.4 Å². The molecule has 1 aromatic rings. The summed E-state index contributed by atoms with van der Waals surface area (Å²) >= 11 is 0. The lowest BCUT2D eigenvalue weighted by molar-refractivity contribution is 0.690. The van der Waals surface area contributed by atoms with E-state index in [9.17, 15) is 0 Å². The average Bonchev–Trinajstić information content (AvgIpc) is 2.28.